The van der Waals surface area contributed by atoms with Crippen molar-refractivity contribution in [2.24, 2.45) is 5.92 Å². The van der Waals surface area contributed by atoms with Crippen molar-refractivity contribution in [3.63, 3.8) is 0 Å². The largest absolute Gasteiger partial charge is 0.374 e. The molecule has 1 unspecified atom stereocenters. The molecule has 0 aliphatic rings. The highest BCUT2D eigenvalue weighted by Gasteiger charge is 2.12. The van der Waals surface area contributed by atoms with E-state index in [1.54, 1.807) is 11.8 Å². The molecule has 0 aliphatic carbocycles. The van der Waals surface area contributed by atoms with Crippen molar-refractivity contribution in [3.8, 4) is 0 Å². The minimum Gasteiger partial charge on any atom is -0.374 e. The molecule has 18 heavy (non-hydrogen) atoms. The van der Waals surface area contributed by atoms with Crippen molar-refractivity contribution in [1.82, 2.24) is 5.32 Å². The van der Waals surface area contributed by atoms with Crippen LogP contribution >= 0.6 is 11.8 Å². The summed E-state index contributed by atoms with van der Waals surface area (Å²) in [5, 5.41) is 6.11. The van der Waals surface area contributed by atoms with E-state index in [1.807, 2.05) is 37.4 Å². The van der Waals surface area contributed by atoms with E-state index in [0.29, 0.717) is 5.92 Å². The zero-order valence-corrected chi connectivity index (χ0v) is 12.3. The second-order valence-electron chi connectivity index (χ2n) is 4.73. The number of nitrogens with one attached hydrogen (secondary N) is 2. The molecule has 0 saturated heterocycles. The molecule has 1 atom stereocenters. The minimum absolute atomic E-state index is 0.0395. The van der Waals surface area contributed by atoms with Crippen LogP contribution in [0.1, 0.15) is 20.8 Å². The molecule has 100 valence electrons. The van der Waals surface area contributed by atoms with Crippen LogP contribution in [0.3, 0.4) is 0 Å². The molecule has 1 aromatic carbocycles. The molecular formula is C14H22N2OS. The molecule has 0 aliphatic heterocycles. The topological polar surface area (TPSA) is 41.1 Å². The third kappa shape index (κ3) is 5.00. The second-order valence-corrected chi connectivity index (χ2v) is 5.61. The first-order valence-electron chi connectivity index (χ1n) is 6.21. The second kappa shape index (κ2) is 7.31. The first kappa shape index (κ1) is 14.9. The Labute approximate surface area is 114 Å². The Morgan fingerprint density at radius 1 is 1.22 bits per heavy atom. The molecule has 3 nitrogen and oxygen atoms in total. The van der Waals surface area contributed by atoms with E-state index < -0.39 is 0 Å². The lowest BCUT2D eigenvalue weighted by atomic mass is 10.2. The number of carbonyl (C=O) groups is 1. The molecule has 0 spiro atoms. The Balaban J connectivity index is 2.47. The van der Waals surface area contributed by atoms with Crippen LogP contribution in [0, 0.1) is 5.92 Å². The predicted octanol–water partition coefficient (Wildman–Crippen LogP) is 2.98. The number of hydrogen-bond acceptors (Lipinski definition) is 3. The summed E-state index contributed by atoms with van der Waals surface area (Å²) in [4.78, 5) is 13.0. The number of amides is 1. The molecule has 1 aromatic rings. The van der Waals surface area contributed by atoms with E-state index in [-0.39, 0.29) is 11.9 Å². The summed E-state index contributed by atoms with van der Waals surface area (Å²) in [5.41, 5.74) is 0.972. The number of hydrogen-bond donors (Lipinski definition) is 2. The third-order valence-corrected chi connectivity index (χ3v) is 3.29. The number of benzene rings is 1. The van der Waals surface area contributed by atoms with Gasteiger partial charge in [0.25, 0.3) is 0 Å². The maximum atomic E-state index is 11.8. The van der Waals surface area contributed by atoms with Crippen LogP contribution < -0.4 is 10.6 Å². The molecule has 0 aromatic heterocycles. The fourth-order valence-electron chi connectivity index (χ4n) is 1.46. The molecule has 4 heteroatoms. The number of thioether (sulfide) groups is 1. The van der Waals surface area contributed by atoms with Crippen LogP contribution in [0.2, 0.25) is 0 Å². The summed E-state index contributed by atoms with van der Waals surface area (Å²) in [6.45, 7) is 6.76. The zero-order valence-electron chi connectivity index (χ0n) is 11.5. The molecular weight excluding hydrogens is 244 g/mol. The van der Waals surface area contributed by atoms with Gasteiger partial charge in [-0.3, -0.25) is 4.79 Å². The van der Waals surface area contributed by atoms with E-state index in [0.717, 1.165) is 12.2 Å². The minimum atomic E-state index is -0.219. The standard InChI is InChI=1S/C14H22N2OS/c1-10(2)9-15-14(17)11(3)16-12-5-7-13(18-4)8-6-12/h5-8,10-11,16H,9H2,1-4H3,(H,15,17). The maximum absolute atomic E-state index is 11.8. The molecule has 0 radical (unpaired) electrons. The van der Waals surface area contributed by atoms with Crippen molar-refractivity contribution in [1.29, 1.82) is 0 Å². The zero-order chi connectivity index (χ0) is 13.5. The fourth-order valence-corrected chi connectivity index (χ4v) is 1.87. The van der Waals surface area contributed by atoms with Crippen molar-refractivity contribution in [3.05, 3.63) is 24.3 Å². The van der Waals surface area contributed by atoms with Gasteiger partial charge >= 0.3 is 0 Å². The van der Waals surface area contributed by atoms with E-state index in [2.05, 4.69) is 24.5 Å². The highest BCUT2D eigenvalue weighted by atomic mass is 32.2. The average Bonchev–Trinajstić information content (AvgIpc) is 2.36. The summed E-state index contributed by atoms with van der Waals surface area (Å²) < 4.78 is 0. The van der Waals surface area contributed by atoms with Crippen LogP contribution in [0.5, 0.6) is 0 Å². The summed E-state index contributed by atoms with van der Waals surface area (Å²) >= 11 is 1.71. The molecule has 0 heterocycles. The Morgan fingerprint density at radius 2 is 1.83 bits per heavy atom. The van der Waals surface area contributed by atoms with Crippen LogP contribution in [-0.2, 0) is 4.79 Å². The highest BCUT2D eigenvalue weighted by molar-refractivity contribution is 7.98. The molecule has 1 rings (SSSR count). The van der Waals surface area contributed by atoms with Gasteiger partial charge in [-0.05, 0) is 43.4 Å². The Morgan fingerprint density at radius 3 is 2.33 bits per heavy atom. The van der Waals surface area contributed by atoms with Gasteiger partial charge in [-0.1, -0.05) is 13.8 Å². The lowest BCUT2D eigenvalue weighted by Crippen LogP contribution is -2.39. The fraction of sp³-hybridized carbons (Fsp3) is 0.500. The number of rotatable bonds is 6. The molecule has 0 fully saturated rings. The number of anilines is 1. The third-order valence-electron chi connectivity index (χ3n) is 2.55. The molecule has 1 amide bonds. The van der Waals surface area contributed by atoms with Gasteiger partial charge in [-0.2, -0.15) is 0 Å². The maximum Gasteiger partial charge on any atom is 0.242 e. The molecule has 0 saturated carbocycles. The summed E-state index contributed by atoms with van der Waals surface area (Å²) in [5.74, 6) is 0.514. The monoisotopic (exact) mass is 266 g/mol. The van der Waals surface area contributed by atoms with Crippen molar-refractivity contribution >= 4 is 23.4 Å². The lowest BCUT2D eigenvalue weighted by Gasteiger charge is -2.16. The normalized spacial score (nSPS) is 12.3. The first-order valence-corrected chi connectivity index (χ1v) is 7.43. The highest BCUT2D eigenvalue weighted by Crippen LogP contribution is 2.17. The van der Waals surface area contributed by atoms with Gasteiger partial charge in [0.2, 0.25) is 5.91 Å². The van der Waals surface area contributed by atoms with Gasteiger partial charge < -0.3 is 10.6 Å². The van der Waals surface area contributed by atoms with E-state index >= 15 is 0 Å². The van der Waals surface area contributed by atoms with Gasteiger partial charge in [0.15, 0.2) is 0 Å². The Hall–Kier alpha value is -1.16. The summed E-state index contributed by atoms with van der Waals surface area (Å²) in [6, 6.07) is 7.87. The van der Waals surface area contributed by atoms with Crippen LogP contribution in [0.4, 0.5) is 5.69 Å². The van der Waals surface area contributed by atoms with Gasteiger partial charge in [-0.15, -0.1) is 11.8 Å². The molecule has 2 N–H and O–H groups in total. The quantitative estimate of drug-likeness (QED) is 0.778. The number of carbonyl (C=O) groups excluding carboxylic acids is 1. The van der Waals surface area contributed by atoms with E-state index in [1.165, 1.54) is 4.90 Å². The van der Waals surface area contributed by atoms with E-state index in [9.17, 15) is 4.79 Å². The smallest absolute Gasteiger partial charge is 0.242 e. The van der Waals surface area contributed by atoms with Gasteiger partial charge in [0.05, 0.1) is 0 Å². The van der Waals surface area contributed by atoms with E-state index in [4.69, 9.17) is 0 Å². The Kier molecular flexibility index (Phi) is 6.05. The van der Waals surface area contributed by atoms with Crippen molar-refractivity contribution in [2.75, 3.05) is 18.1 Å². The average molecular weight is 266 g/mol. The van der Waals surface area contributed by atoms with Gasteiger partial charge in [0.1, 0.15) is 6.04 Å². The summed E-state index contributed by atoms with van der Waals surface area (Å²) in [7, 11) is 0. The van der Waals surface area contributed by atoms with Crippen LogP contribution in [-0.4, -0.2) is 24.7 Å². The molecule has 0 bridgehead atoms. The van der Waals surface area contributed by atoms with Gasteiger partial charge in [-0.25, -0.2) is 0 Å². The summed E-state index contributed by atoms with van der Waals surface area (Å²) in [6.07, 6.45) is 2.05. The lowest BCUT2D eigenvalue weighted by molar-refractivity contribution is -0.121. The first-order chi connectivity index (χ1) is 8.52. The SMILES string of the molecule is CSc1ccc(NC(C)C(=O)NCC(C)C)cc1. The van der Waals surface area contributed by atoms with Crippen molar-refractivity contribution < 1.29 is 4.79 Å². The van der Waals surface area contributed by atoms with Crippen LogP contribution in [0.25, 0.3) is 0 Å². The predicted molar refractivity (Wildman–Crippen MR) is 79.2 cm³/mol. The van der Waals surface area contributed by atoms with Gasteiger partial charge in [0, 0.05) is 17.1 Å². The van der Waals surface area contributed by atoms with Crippen molar-refractivity contribution in [2.45, 2.75) is 31.7 Å². The Bertz CT molecular complexity index is 376. The van der Waals surface area contributed by atoms with Crippen LogP contribution in [0.15, 0.2) is 29.2 Å².